The predicted octanol–water partition coefficient (Wildman–Crippen LogP) is 3.10. The molecule has 1 aliphatic rings. The molecule has 18 heavy (non-hydrogen) atoms. The van der Waals surface area contributed by atoms with Crippen LogP contribution in [0.4, 0.5) is 0 Å². The molecular formula is C14H14O3S. The van der Waals surface area contributed by atoms with Crippen molar-refractivity contribution in [2.75, 3.05) is 13.2 Å². The molecule has 2 aromatic rings. The Balaban J connectivity index is 1.62. The van der Waals surface area contributed by atoms with Crippen LogP contribution in [0.15, 0.2) is 41.8 Å². The van der Waals surface area contributed by atoms with E-state index >= 15 is 0 Å². The summed E-state index contributed by atoms with van der Waals surface area (Å²) in [5.41, 5.74) is 0. The molecule has 3 nitrogen and oxygen atoms in total. The molecule has 2 heterocycles. The number of thiophene rings is 1. The summed E-state index contributed by atoms with van der Waals surface area (Å²) in [6.07, 6.45) is 0.260. The topological polar surface area (TPSA) is 31.0 Å². The van der Waals surface area contributed by atoms with Gasteiger partial charge in [0.2, 0.25) is 0 Å². The Kier molecular flexibility index (Phi) is 3.48. The molecule has 0 spiro atoms. The lowest BCUT2D eigenvalue weighted by molar-refractivity contribution is 0.239. The lowest BCUT2D eigenvalue weighted by Gasteiger charge is -2.11. The van der Waals surface area contributed by atoms with Gasteiger partial charge in [0.15, 0.2) is 11.5 Å². The summed E-state index contributed by atoms with van der Waals surface area (Å²) in [6.45, 7) is 1.98. The molecule has 0 aliphatic carbocycles. The minimum Gasteiger partial charge on any atom is -0.487 e. The second kappa shape index (κ2) is 5.42. The van der Waals surface area contributed by atoms with Gasteiger partial charge in [0, 0.05) is 4.88 Å². The van der Waals surface area contributed by atoms with Crippen LogP contribution in [-0.4, -0.2) is 19.3 Å². The van der Waals surface area contributed by atoms with Gasteiger partial charge in [0.05, 0.1) is 6.61 Å². The van der Waals surface area contributed by atoms with Crippen LogP contribution in [0.2, 0.25) is 0 Å². The van der Waals surface area contributed by atoms with Crippen LogP contribution < -0.4 is 9.47 Å². The first-order valence-corrected chi connectivity index (χ1v) is 6.78. The standard InChI is InChI=1S/C14H14O3S/c1-2-6-14(17-10-12-4-3-7-18-12)13(5-1)16-9-11-8-15-11/h1-7,11H,8-10H2. The number of rotatable bonds is 6. The molecule has 3 rings (SSSR count). The van der Waals surface area contributed by atoms with E-state index in [1.54, 1.807) is 11.3 Å². The lowest BCUT2D eigenvalue weighted by atomic mass is 10.3. The minimum absolute atomic E-state index is 0.260. The normalized spacial score (nSPS) is 17.4. The van der Waals surface area contributed by atoms with Crippen molar-refractivity contribution in [3.05, 3.63) is 46.7 Å². The van der Waals surface area contributed by atoms with E-state index in [0.717, 1.165) is 18.1 Å². The second-order valence-corrected chi connectivity index (χ2v) is 5.11. The molecule has 1 aromatic heterocycles. The number of hydrogen-bond acceptors (Lipinski definition) is 4. The van der Waals surface area contributed by atoms with Gasteiger partial charge < -0.3 is 14.2 Å². The van der Waals surface area contributed by atoms with Gasteiger partial charge in [0.25, 0.3) is 0 Å². The Labute approximate surface area is 110 Å². The highest BCUT2D eigenvalue weighted by Gasteiger charge is 2.23. The van der Waals surface area contributed by atoms with Crippen molar-refractivity contribution < 1.29 is 14.2 Å². The molecule has 0 N–H and O–H groups in total. The maximum atomic E-state index is 5.78. The van der Waals surface area contributed by atoms with Crippen LogP contribution in [0.1, 0.15) is 4.88 Å². The van der Waals surface area contributed by atoms with Crippen molar-refractivity contribution in [2.24, 2.45) is 0 Å². The molecule has 1 unspecified atom stereocenters. The summed E-state index contributed by atoms with van der Waals surface area (Å²) in [6, 6.07) is 11.8. The molecular weight excluding hydrogens is 248 g/mol. The molecule has 1 atom stereocenters. The van der Waals surface area contributed by atoms with Crippen molar-refractivity contribution in [1.82, 2.24) is 0 Å². The minimum atomic E-state index is 0.260. The van der Waals surface area contributed by atoms with E-state index in [0.29, 0.717) is 13.2 Å². The largest absolute Gasteiger partial charge is 0.487 e. The fourth-order valence-corrected chi connectivity index (χ4v) is 2.20. The van der Waals surface area contributed by atoms with Crippen LogP contribution in [0.3, 0.4) is 0 Å². The molecule has 0 bridgehead atoms. The molecule has 0 amide bonds. The lowest BCUT2D eigenvalue weighted by Crippen LogP contribution is -2.05. The Hall–Kier alpha value is -1.52. The summed E-state index contributed by atoms with van der Waals surface area (Å²) >= 11 is 1.69. The van der Waals surface area contributed by atoms with Gasteiger partial charge in [-0.15, -0.1) is 11.3 Å². The third-order valence-electron chi connectivity index (χ3n) is 2.63. The maximum absolute atomic E-state index is 5.78. The number of ether oxygens (including phenoxy) is 3. The summed E-state index contributed by atoms with van der Waals surface area (Å²) in [5.74, 6) is 1.57. The Bertz CT molecular complexity index is 492. The zero-order chi connectivity index (χ0) is 12.2. The van der Waals surface area contributed by atoms with E-state index in [1.807, 2.05) is 35.7 Å². The van der Waals surface area contributed by atoms with Gasteiger partial charge in [-0.1, -0.05) is 18.2 Å². The van der Waals surface area contributed by atoms with Crippen molar-refractivity contribution in [3.63, 3.8) is 0 Å². The van der Waals surface area contributed by atoms with Gasteiger partial charge in [-0.3, -0.25) is 0 Å². The molecule has 94 valence electrons. The van der Waals surface area contributed by atoms with E-state index in [1.165, 1.54) is 4.88 Å². The first kappa shape index (κ1) is 11.6. The van der Waals surface area contributed by atoms with Crippen molar-refractivity contribution in [3.8, 4) is 11.5 Å². The van der Waals surface area contributed by atoms with Crippen molar-refractivity contribution in [1.29, 1.82) is 0 Å². The van der Waals surface area contributed by atoms with E-state index in [4.69, 9.17) is 14.2 Å². The molecule has 1 saturated heterocycles. The highest BCUT2D eigenvalue weighted by atomic mass is 32.1. The predicted molar refractivity (Wildman–Crippen MR) is 70.3 cm³/mol. The summed E-state index contributed by atoms with van der Waals surface area (Å²) in [7, 11) is 0. The number of para-hydroxylation sites is 2. The third-order valence-corrected chi connectivity index (χ3v) is 3.48. The van der Waals surface area contributed by atoms with E-state index in [-0.39, 0.29) is 6.10 Å². The molecule has 1 aromatic carbocycles. The quantitative estimate of drug-likeness (QED) is 0.749. The van der Waals surface area contributed by atoms with Crippen LogP contribution in [0.5, 0.6) is 11.5 Å². The second-order valence-electron chi connectivity index (χ2n) is 4.08. The average Bonchev–Trinajstić information content (AvgIpc) is 3.09. The Morgan fingerprint density at radius 2 is 1.89 bits per heavy atom. The van der Waals surface area contributed by atoms with Crippen LogP contribution >= 0.6 is 11.3 Å². The third kappa shape index (κ3) is 3.03. The molecule has 1 fully saturated rings. The SMILES string of the molecule is c1csc(COc2ccccc2OCC2CO2)c1. The number of benzene rings is 1. The number of hydrogen-bond donors (Lipinski definition) is 0. The van der Waals surface area contributed by atoms with Crippen LogP contribution in [0, 0.1) is 0 Å². The highest BCUT2D eigenvalue weighted by Crippen LogP contribution is 2.28. The molecule has 4 heteroatoms. The van der Waals surface area contributed by atoms with Gasteiger partial charge in [-0.05, 0) is 23.6 Å². The fraction of sp³-hybridized carbons (Fsp3) is 0.286. The van der Waals surface area contributed by atoms with E-state index < -0.39 is 0 Å². The first-order chi connectivity index (χ1) is 8.92. The van der Waals surface area contributed by atoms with Crippen molar-refractivity contribution in [2.45, 2.75) is 12.7 Å². The summed E-state index contributed by atoms with van der Waals surface area (Å²) in [5, 5.41) is 2.05. The molecule has 0 radical (unpaired) electrons. The monoisotopic (exact) mass is 262 g/mol. The molecule has 0 saturated carbocycles. The van der Waals surface area contributed by atoms with Crippen molar-refractivity contribution >= 4 is 11.3 Å². The highest BCUT2D eigenvalue weighted by molar-refractivity contribution is 7.09. The first-order valence-electron chi connectivity index (χ1n) is 5.90. The van der Waals surface area contributed by atoms with E-state index in [9.17, 15) is 0 Å². The summed E-state index contributed by atoms with van der Waals surface area (Å²) in [4.78, 5) is 1.20. The van der Waals surface area contributed by atoms with E-state index in [2.05, 4.69) is 6.07 Å². The zero-order valence-electron chi connectivity index (χ0n) is 9.87. The van der Waals surface area contributed by atoms with Crippen LogP contribution in [0.25, 0.3) is 0 Å². The van der Waals surface area contributed by atoms with Gasteiger partial charge >= 0.3 is 0 Å². The Morgan fingerprint density at radius 3 is 2.56 bits per heavy atom. The van der Waals surface area contributed by atoms with Gasteiger partial charge in [-0.2, -0.15) is 0 Å². The van der Waals surface area contributed by atoms with Gasteiger partial charge in [-0.25, -0.2) is 0 Å². The summed E-state index contributed by atoms with van der Waals surface area (Å²) < 4.78 is 16.6. The fourth-order valence-electron chi connectivity index (χ4n) is 1.58. The van der Waals surface area contributed by atoms with Crippen LogP contribution in [-0.2, 0) is 11.3 Å². The zero-order valence-corrected chi connectivity index (χ0v) is 10.7. The Morgan fingerprint density at radius 1 is 1.11 bits per heavy atom. The smallest absolute Gasteiger partial charge is 0.161 e. The number of epoxide rings is 1. The maximum Gasteiger partial charge on any atom is 0.161 e. The van der Waals surface area contributed by atoms with Gasteiger partial charge in [0.1, 0.15) is 19.3 Å². The molecule has 1 aliphatic heterocycles. The average molecular weight is 262 g/mol.